The molecule has 2 aromatic carbocycles. The number of ether oxygens (including phenoxy) is 3. The van der Waals surface area contributed by atoms with Crippen LogP contribution in [0.15, 0.2) is 48.5 Å². The average molecular weight is 328 g/mol. The Morgan fingerprint density at radius 3 is 2.29 bits per heavy atom. The maximum atomic E-state index is 12.2. The summed E-state index contributed by atoms with van der Waals surface area (Å²) in [4.78, 5) is 23.8. The van der Waals surface area contributed by atoms with E-state index in [1.54, 1.807) is 55.5 Å². The van der Waals surface area contributed by atoms with Gasteiger partial charge in [0.1, 0.15) is 11.5 Å². The van der Waals surface area contributed by atoms with Gasteiger partial charge in [0.05, 0.1) is 24.3 Å². The molecule has 0 N–H and O–H groups in total. The fourth-order valence-electron chi connectivity index (χ4n) is 1.97. The Morgan fingerprint density at radius 2 is 1.62 bits per heavy atom. The number of esters is 2. The van der Waals surface area contributed by atoms with Crippen LogP contribution in [0.25, 0.3) is 0 Å². The van der Waals surface area contributed by atoms with Gasteiger partial charge in [0.25, 0.3) is 0 Å². The van der Waals surface area contributed by atoms with Crippen LogP contribution in [0.4, 0.5) is 0 Å². The summed E-state index contributed by atoms with van der Waals surface area (Å²) in [5.74, 6) is 0.0915. The summed E-state index contributed by atoms with van der Waals surface area (Å²) < 4.78 is 15.7. The van der Waals surface area contributed by atoms with Crippen molar-refractivity contribution in [2.75, 3.05) is 13.2 Å². The lowest BCUT2D eigenvalue weighted by Gasteiger charge is -2.08. The monoisotopic (exact) mass is 328 g/mol. The van der Waals surface area contributed by atoms with Crippen LogP contribution in [0, 0.1) is 0 Å². The predicted octanol–water partition coefficient (Wildman–Crippen LogP) is 3.87. The standard InChI is InChI=1S/C19H20O5/c1-3-12-23-17-7-5-6-15(13-17)19(21)24-16-10-8-14(9-11-16)18(20)22-4-2/h5-11,13H,3-4,12H2,1-2H3. The van der Waals surface area contributed by atoms with Gasteiger partial charge >= 0.3 is 11.9 Å². The van der Waals surface area contributed by atoms with Gasteiger partial charge in [-0.15, -0.1) is 0 Å². The van der Waals surface area contributed by atoms with Crippen molar-refractivity contribution in [1.29, 1.82) is 0 Å². The van der Waals surface area contributed by atoms with E-state index in [-0.39, 0.29) is 0 Å². The lowest BCUT2D eigenvalue weighted by molar-refractivity contribution is 0.0526. The molecule has 2 aromatic rings. The second kappa shape index (κ2) is 8.72. The predicted molar refractivity (Wildman–Crippen MR) is 89.6 cm³/mol. The summed E-state index contributed by atoms with van der Waals surface area (Å²) in [6.45, 7) is 4.66. The van der Waals surface area contributed by atoms with Crippen LogP contribution in [0.1, 0.15) is 41.0 Å². The third-order valence-corrected chi connectivity index (χ3v) is 3.12. The summed E-state index contributed by atoms with van der Waals surface area (Å²) in [7, 11) is 0. The Balaban J connectivity index is 2.02. The first-order valence-electron chi connectivity index (χ1n) is 7.86. The van der Waals surface area contributed by atoms with E-state index in [1.165, 1.54) is 0 Å². The van der Waals surface area contributed by atoms with Gasteiger partial charge in [-0.1, -0.05) is 13.0 Å². The van der Waals surface area contributed by atoms with Crippen molar-refractivity contribution in [3.05, 3.63) is 59.7 Å². The summed E-state index contributed by atoms with van der Waals surface area (Å²) in [6.07, 6.45) is 0.890. The number of hydrogen-bond acceptors (Lipinski definition) is 5. The third kappa shape index (κ3) is 4.84. The minimum atomic E-state index is -0.485. The molecule has 0 aromatic heterocycles. The van der Waals surface area contributed by atoms with Gasteiger partial charge in [-0.25, -0.2) is 9.59 Å². The van der Waals surface area contributed by atoms with E-state index in [0.29, 0.717) is 35.8 Å². The zero-order chi connectivity index (χ0) is 17.4. The van der Waals surface area contributed by atoms with Crippen molar-refractivity contribution in [3.63, 3.8) is 0 Å². The minimum absolute atomic E-state index is 0.312. The molecule has 0 saturated heterocycles. The maximum absolute atomic E-state index is 12.2. The van der Waals surface area contributed by atoms with Crippen LogP contribution in [-0.2, 0) is 4.74 Å². The second-order valence-electron chi connectivity index (χ2n) is 5.01. The molecule has 0 saturated carbocycles. The maximum Gasteiger partial charge on any atom is 0.343 e. The average Bonchev–Trinajstić information content (AvgIpc) is 2.61. The highest BCUT2D eigenvalue weighted by atomic mass is 16.5. The Hall–Kier alpha value is -2.82. The molecule has 5 heteroatoms. The largest absolute Gasteiger partial charge is 0.494 e. The summed E-state index contributed by atoms with van der Waals surface area (Å²) >= 11 is 0. The van der Waals surface area contributed by atoms with Gasteiger partial charge in [0, 0.05) is 0 Å². The first-order valence-corrected chi connectivity index (χ1v) is 7.86. The van der Waals surface area contributed by atoms with Gasteiger partial charge in [-0.05, 0) is 55.8 Å². The zero-order valence-electron chi connectivity index (χ0n) is 13.8. The molecule has 0 heterocycles. The van der Waals surface area contributed by atoms with E-state index < -0.39 is 11.9 Å². The molecule has 24 heavy (non-hydrogen) atoms. The normalized spacial score (nSPS) is 10.1. The Labute approximate surface area is 141 Å². The Morgan fingerprint density at radius 1 is 0.875 bits per heavy atom. The quantitative estimate of drug-likeness (QED) is 0.570. The van der Waals surface area contributed by atoms with E-state index in [2.05, 4.69) is 0 Å². The van der Waals surface area contributed by atoms with Crippen LogP contribution >= 0.6 is 0 Å². The molecular weight excluding hydrogens is 308 g/mol. The fourth-order valence-corrected chi connectivity index (χ4v) is 1.97. The van der Waals surface area contributed by atoms with Gasteiger partial charge in [-0.2, -0.15) is 0 Å². The van der Waals surface area contributed by atoms with Gasteiger partial charge < -0.3 is 14.2 Å². The number of benzene rings is 2. The molecular formula is C19H20O5. The summed E-state index contributed by atoms with van der Waals surface area (Å²) in [5, 5.41) is 0. The van der Waals surface area contributed by atoms with Crippen molar-refractivity contribution in [2.24, 2.45) is 0 Å². The third-order valence-electron chi connectivity index (χ3n) is 3.12. The lowest BCUT2D eigenvalue weighted by Crippen LogP contribution is -2.09. The topological polar surface area (TPSA) is 61.8 Å². The van der Waals surface area contributed by atoms with Crippen molar-refractivity contribution in [1.82, 2.24) is 0 Å². The van der Waals surface area contributed by atoms with Crippen LogP contribution in [-0.4, -0.2) is 25.2 Å². The molecule has 0 unspecified atom stereocenters. The van der Waals surface area contributed by atoms with Crippen molar-refractivity contribution < 1.29 is 23.8 Å². The van der Waals surface area contributed by atoms with E-state index >= 15 is 0 Å². The summed E-state index contributed by atoms with van der Waals surface area (Å²) in [5.41, 5.74) is 0.810. The summed E-state index contributed by atoms with van der Waals surface area (Å²) in [6, 6.07) is 13.1. The molecule has 126 valence electrons. The van der Waals surface area contributed by atoms with Crippen LogP contribution in [0.3, 0.4) is 0 Å². The molecule has 0 bridgehead atoms. The van der Waals surface area contributed by atoms with Gasteiger partial charge in [0.2, 0.25) is 0 Å². The lowest BCUT2D eigenvalue weighted by atomic mass is 10.2. The minimum Gasteiger partial charge on any atom is -0.494 e. The van der Waals surface area contributed by atoms with Gasteiger partial charge in [-0.3, -0.25) is 0 Å². The smallest absolute Gasteiger partial charge is 0.343 e. The molecule has 0 amide bonds. The second-order valence-corrected chi connectivity index (χ2v) is 5.01. The molecule has 2 rings (SSSR count). The highest BCUT2D eigenvalue weighted by Gasteiger charge is 2.11. The Bertz CT molecular complexity index is 691. The molecule has 0 radical (unpaired) electrons. The molecule has 0 aliphatic heterocycles. The van der Waals surface area contributed by atoms with E-state index in [4.69, 9.17) is 14.2 Å². The Kier molecular flexibility index (Phi) is 6.37. The number of hydrogen-bond donors (Lipinski definition) is 0. The number of carbonyl (C=O) groups excluding carboxylic acids is 2. The van der Waals surface area contributed by atoms with E-state index in [9.17, 15) is 9.59 Å². The molecule has 0 aliphatic carbocycles. The van der Waals surface area contributed by atoms with Crippen LogP contribution < -0.4 is 9.47 Å². The van der Waals surface area contributed by atoms with Crippen molar-refractivity contribution in [3.8, 4) is 11.5 Å². The molecule has 0 atom stereocenters. The van der Waals surface area contributed by atoms with E-state index in [0.717, 1.165) is 6.42 Å². The van der Waals surface area contributed by atoms with E-state index in [1.807, 2.05) is 6.92 Å². The fraction of sp³-hybridized carbons (Fsp3) is 0.263. The molecule has 0 fully saturated rings. The number of carbonyl (C=O) groups is 2. The molecule has 0 spiro atoms. The first kappa shape index (κ1) is 17.5. The molecule has 5 nitrogen and oxygen atoms in total. The SMILES string of the molecule is CCCOc1cccc(C(=O)Oc2ccc(C(=O)OCC)cc2)c1. The number of rotatable bonds is 7. The van der Waals surface area contributed by atoms with Crippen molar-refractivity contribution in [2.45, 2.75) is 20.3 Å². The van der Waals surface area contributed by atoms with Crippen LogP contribution in [0.5, 0.6) is 11.5 Å². The molecule has 0 aliphatic rings. The zero-order valence-corrected chi connectivity index (χ0v) is 13.8. The van der Waals surface area contributed by atoms with Crippen molar-refractivity contribution >= 4 is 11.9 Å². The van der Waals surface area contributed by atoms with Crippen LogP contribution in [0.2, 0.25) is 0 Å². The highest BCUT2D eigenvalue weighted by molar-refractivity contribution is 5.92. The highest BCUT2D eigenvalue weighted by Crippen LogP contribution is 2.18. The van der Waals surface area contributed by atoms with Gasteiger partial charge in [0.15, 0.2) is 0 Å². The first-order chi connectivity index (χ1) is 11.6.